The van der Waals surface area contributed by atoms with Gasteiger partial charge in [-0.15, -0.1) is 5.10 Å². The van der Waals surface area contributed by atoms with Crippen LogP contribution in [0, 0.1) is 11.8 Å². The molecule has 1 aliphatic carbocycles. The molecule has 8 nitrogen and oxygen atoms in total. The van der Waals surface area contributed by atoms with Gasteiger partial charge in [0.05, 0.1) is 18.3 Å². The number of aliphatic hydroxyl groups is 1. The third-order valence-electron chi connectivity index (χ3n) is 5.08. The molecule has 8 heteroatoms. The highest BCUT2D eigenvalue weighted by Gasteiger charge is 2.35. The molecule has 136 valence electrons. The summed E-state index contributed by atoms with van der Waals surface area (Å²) < 4.78 is 1.76. The van der Waals surface area contributed by atoms with E-state index in [1.807, 2.05) is 24.3 Å². The van der Waals surface area contributed by atoms with E-state index in [2.05, 4.69) is 36.6 Å². The molecule has 0 spiro atoms. The minimum absolute atomic E-state index is 0.259. The van der Waals surface area contributed by atoms with Gasteiger partial charge in [-0.25, -0.2) is 14.6 Å². The van der Waals surface area contributed by atoms with Crippen molar-refractivity contribution in [1.82, 2.24) is 29.9 Å². The van der Waals surface area contributed by atoms with Crippen LogP contribution in [0.4, 0.5) is 5.82 Å². The Balaban J connectivity index is 1.38. The first-order chi connectivity index (χ1) is 13.3. The lowest BCUT2D eigenvalue weighted by Gasteiger charge is -2.06. The van der Waals surface area contributed by atoms with Crippen molar-refractivity contribution < 1.29 is 5.11 Å². The van der Waals surface area contributed by atoms with Crippen LogP contribution in [0.15, 0.2) is 42.7 Å². The molecule has 4 aromatic rings. The van der Waals surface area contributed by atoms with Crippen LogP contribution in [0.1, 0.15) is 12.0 Å². The lowest BCUT2D eigenvalue weighted by Crippen LogP contribution is -2.09. The number of aromatic nitrogens is 6. The number of hydrogen-bond acceptors (Lipinski definition) is 7. The second-order valence-electron chi connectivity index (χ2n) is 7.00. The molecule has 0 aliphatic heterocycles. The molecule has 0 radical (unpaired) electrons. The summed E-state index contributed by atoms with van der Waals surface area (Å²) in [4.78, 5) is 13.3. The van der Waals surface area contributed by atoms with Gasteiger partial charge in [0.2, 0.25) is 5.65 Å². The number of anilines is 1. The van der Waals surface area contributed by atoms with Gasteiger partial charge < -0.3 is 10.4 Å². The maximum atomic E-state index is 9.15. The molecule has 1 aliphatic rings. The minimum atomic E-state index is 0.259. The van der Waals surface area contributed by atoms with Gasteiger partial charge >= 0.3 is 0 Å². The summed E-state index contributed by atoms with van der Waals surface area (Å²) in [5.74, 6) is 1.64. The van der Waals surface area contributed by atoms with E-state index in [0.29, 0.717) is 35.5 Å². The third kappa shape index (κ3) is 3.19. The third-order valence-corrected chi connectivity index (χ3v) is 5.08. The Hall–Kier alpha value is -3.13. The summed E-state index contributed by atoms with van der Waals surface area (Å²) in [6.07, 6.45) is 4.54. The molecule has 5 rings (SSSR count). The van der Waals surface area contributed by atoms with Gasteiger partial charge in [0.15, 0.2) is 5.65 Å². The molecule has 1 saturated carbocycles. The Kier molecular flexibility index (Phi) is 3.90. The van der Waals surface area contributed by atoms with Crippen molar-refractivity contribution >= 4 is 28.0 Å². The van der Waals surface area contributed by atoms with E-state index < -0.39 is 0 Å². The summed E-state index contributed by atoms with van der Waals surface area (Å²) in [6, 6.07) is 10.1. The van der Waals surface area contributed by atoms with Gasteiger partial charge in [-0.2, -0.15) is 0 Å². The second-order valence-corrected chi connectivity index (χ2v) is 7.00. The summed E-state index contributed by atoms with van der Waals surface area (Å²) in [5.41, 5.74) is 3.26. The molecular formula is C19H19N7O. The number of fused-ring (bicyclic) bond motifs is 2. The normalized spacial score (nSPS) is 18.9. The molecule has 2 atom stereocenters. The zero-order valence-electron chi connectivity index (χ0n) is 14.7. The number of pyridine rings is 1. The Morgan fingerprint density at radius 2 is 2.15 bits per heavy atom. The zero-order chi connectivity index (χ0) is 18.2. The van der Waals surface area contributed by atoms with Crippen molar-refractivity contribution in [2.75, 3.05) is 18.5 Å². The van der Waals surface area contributed by atoms with Crippen LogP contribution in [0.3, 0.4) is 0 Å². The number of nitrogens with one attached hydrogen (secondary N) is 1. The van der Waals surface area contributed by atoms with Crippen molar-refractivity contribution in [3.63, 3.8) is 0 Å². The Morgan fingerprint density at radius 1 is 1.19 bits per heavy atom. The zero-order valence-corrected chi connectivity index (χ0v) is 14.7. The first-order valence-electron chi connectivity index (χ1n) is 9.05. The van der Waals surface area contributed by atoms with Crippen LogP contribution in [-0.4, -0.2) is 48.2 Å². The van der Waals surface area contributed by atoms with Crippen LogP contribution < -0.4 is 5.32 Å². The van der Waals surface area contributed by atoms with E-state index >= 15 is 0 Å². The lowest BCUT2D eigenvalue weighted by molar-refractivity contribution is 0.270. The van der Waals surface area contributed by atoms with Crippen LogP contribution >= 0.6 is 0 Å². The fraction of sp³-hybridized carbons (Fsp3) is 0.316. The van der Waals surface area contributed by atoms with Crippen molar-refractivity contribution in [3.8, 4) is 0 Å². The SMILES string of the molecule is OC[C@@H]1C[C@H]1CNc1cnc2nnn(Cc3ccc4ncccc4c3)c2n1. The van der Waals surface area contributed by atoms with Gasteiger partial charge in [0.25, 0.3) is 0 Å². The first-order valence-corrected chi connectivity index (χ1v) is 9.05. The number of rotatable bonds is 6. The smallest absolute Gasteiger partial charge is 0.221 e. The largest absolute Gasteiger partial charge is 0.396 e. The fourth-order valence-corrected chi connectivity index (χ4v) is 3.36. The van der Waals surface area contributed by atoms with Crippen molar-refractivity contribution in [2.45, 2.75) is 13.0 Å². The molecule has 3 aromatic heterocycles. The average molecular weight is 361 g/mol. The number of benzene rings is 1. The number of hydrogen-bond donors (Lipinski definition) is 2. The Labute approximate surface area is 155 Å². The van der Waals surface area contributed by atoms with E-state index in [1.54, 1.807) is 17.1 Å². The van der Waals surface area contributed by atoms with E-state index in [-0.39, 0.29) is 6.61 Å². The van der Waals surface area contributed by atoms with Crippen LogP contribution in [0.25, 0.3) is 22.2 Å². The maximum absolute atomic E-state index is 9.15. The number of aliphatic hydroxyl groups excluding tert-OH is 1. The molecule has 2 N–H and O–H groups in total. The van der Waals surface area contributed by atoms with Crippen molar-refractivity contribution in [3.05, 3.63) is 48.3 Å². The van der Waals surface area contributed by atoms with E-state index in [1.165, 1.54) is 0 Å². The maximum Gasteiger partial charge on any atom is 0.221 e. The van der Waals surface area contributed by atoms with Gasteiger partial charge in [0, 0.05) is 24.7 Å². The van der Waals surface area contributed by atoms with Gasteiger partial charge in [-0.3, -0.25) is 4.98 Å². The van der Waals surface area contributed by atoms with Crippen LogP contribution in [0.5, 0.6) is 0 Å². The van der Waals surface area contributed by atoms with Crippen molar-refractivity contribution in [1.29, 1.82) is 0 Å². The summed E-state index contributed by atoms with van der Waals surface area (Å²) in [5, 5.41) is 21.9. The van der Waals surface area contributed by atoms with Gasteiger partial charge in [-0.05, 0) is 42.0 Å². The highest BCUT2D eigenvalue weighted by Crippen LogP contribution is 2.37. The first kappa shape index (κ1) is 16.1. The molecule has 1 aromatic carbocycles. The monoisotopic (exact) mass is 361 g/mol. The Bertz CT molecular complexity index is 1110. The molecule has 3 heterocycles. The molecular weight excluding hydrogens is 342 g/mol. The summed E-state index contributed by atoms with van der Waals surface area (Å²) in [6.45, 7) is 1.62. The fourth-order valence-electron chi connectivity index (χ4n) is 3.36. The average Bonchev–Trinajstić information content (AvgIpc) is 3.38. The van der Waals surface area contributed by atoms with E-state index in [9.17, 15) is 0 Å². The van der Waals surface area contributed by atoms with Gasteiger partial charge in [-0.1, -0.05) is 17.3 Å². The highest BCUT2D eigenvalue weighted by atomic mass is 16.3. The highest BCUT2D eigenvalue weighted by molar-refractivity contribution is 5.79. The van der Waals surface area contributed by atoms with Crippen LogP contribution in [0.2, 0.25) is 0 Å². The second kappa shape index (κ2) is 6.55. The topological polar surface area (TPSA) is 102 Å². The summed E-state index contributed by atoms with van der Waals surface area (Å²) >= 11 is 0. The van der Waals surface area contributed by atoms with E-state index in [0.717, 1.165) is 29.4 Å². The molecule has 0 saturated heterocycles. The predicted octanol–water partition coefficient (Wildman–Crippen LogP) is 1.86. The lowest BCUT2D eigenvalue weighted by atomic mass is 10.1. The van der Waals surface area contributed by atoms with Crippen molar-refractivity contribution in [2.24, 2.45) is 11.8 Å². The molecule has 0 bridgehead atoms. The Morgan fingerprint density at radius 3 is 3.04 bits per heavy atom. The molecule has 0 amide bonds. The van der Waals surface area contributed by atoms with E-state index in [4.69, 9.17) is 5.11 Å². The summed E-state index contributed by atoms with van der Waals surface area (Å²) in [7, 11) is 0. The molecule has 1 fully saturated rings. The molecule has 0 unspecified atom stereocenters. The minimum Gasteiger partial charge on any atom is -0.396 e. The quantitative estimate of drug-likeness (QED) is 0.540. The predicted molar refractivity (Wildman–Crippen MR) is 101 cm³/mol. The standard InChI is InChI=1S/C19H19N7O/c27-11-15-7-14(15)8-21-17-9-22-18-19(23-17)26(25-24-18)10-12-3-4-16-13(6-12)2-1-5-20-16/h1-6,9,14-15,27H,7-8,10-11H2,(H,21,23)/t14-,15-/m0/s1. The van der Waals surface area contributed by atoms with Crippen LogP contribution in [-0.2, 0) is 6.54 Å². The molecule has 27 heavy (non-hydrogen) atoms. The number of nitrogens with zero attached hydrogens (tertiary/aromatic N) is 6. The van der Waals surface area contributed by atoms with Gasteiger partial charge in [0.1, 0.15) is 5.82 Å².